The maximum Gasteiger partial charge on any atom is 0.224 e. The largest absolute Gasteiger partial charge is 0.497 e. The predicted molar refractivity (Wildman–Crippen MR) is 99.3 cm³/mol. The maximum atomic E-state index is 13.3. The van der Waals surface area contributed by atoms with Crippen LogP contribution in [0.1, 0.15) is 11.1 Å². The van der Waals surface area contributed by atoms with E-state index in [1.807, 2.05) is 24.3 Å². The number of ether oxygens (including phenoxy) is 2. The van der Waals surface area contributed by atoms with Crippen LogP contribution < -0.4 is 14.8 Å². The minimum Gasteiger partial charge on any atom is -0.497 e. The summed E-state index contributed by atoms with van der Waals surface area (Å²) in [6.45, 7) is 0.251. The summed E-state index contributed by atoms with van der Waals surface area (Å²) in [6, 6.07) is 16.7. The van der Waals surface area contributed by atoms with Crippen LogP contribution in [-0.2, 0) is 17.8 Å². The van der Waals surface area contributed by atoms with Crippen molar-refractivity contribution in [3.05, 3.63) is 83.8 Å². The highest BCUT2D eigenvalue weighted by Gasteiger charge is 2.09. The Morgan fingerprint density at radius 2 is 1.89 bits per heavy atom. The lowest BCUT2D eigenvalue weighted by Crippen LogP contribution is -2.24. The van der Waals surface area contributed by atoms with Crippen molar-refractivity contribution in [2.45, 2.75) is 13.0 Å². The second-order valence-corrected chi connectivity index (χ2v) is 5.83. The molecular weight excluding hydrogens is 347 g/mol. The van der Waals surface area contributed by atoms with E-state index in [0.29, 0.717) is 22.9 Å². The molecular formula is C21H19FN2O3. The van der Waals surface area contributed by atoms with Crippen LogP contribution in [0.25, 0.3) is 0 Å². The zero-order valence-corrected chi connectivity index (χ0v) is 14.8. The summed E-state index contributed by atoms with van der Waals surface area (Å²) in [5.41, 5.74) is 1.55. The van der Waals surface area contributed by atoms with Crippen LogP contribution in [0.15, 0.2) is 66.9 Å². The first kappa shape index (κ1) is 18.4. The molecule has 1 N–H and O–H groups in total. The summed E-state index contributed by atoms with van der Waals surface area (Å²) >= 11 is 0. The number of benzene rings is 2. The number of hydrogen-bond acceptors (Lipinski definition) is 4. The van der Waals surface area contributed by atoms with Gasteiger partial charge in [-0.1, -0.05) is 24.3 Å². The van der Waals surface area contributed by atoms with Gasteiger partial charge >= 0.3 is 0 Å². The molecule has 5 nitrogen and oxygen atoms in total. The van der Waals surface area contributed by atoms with Crippen LogP contribution in [-0.4, -0.2) is 18.0 Å². The van der Waals surface area contributed by atoms with Gasteiger partial charge in [-0.05, 0) is 35.9 Å². The Hall–Kier alpha value is -3.41. The van der Waals surface area contributed by atoms with E-state index in [9.17, 15) is 9.18 Å². The molecule has 3 rings (SSSR count). The van der Waals surface area contributed by atoms with Crippen molar-refractivity contribution in [1.82, 2.24) is 10.3 Å². The molecule has 0 spiro atoms. The highest BCUT2D eigenvalue weighted by Crippen LogP contribution is 2.23. The molecule has 6 heteroatoms. The molecule has 0 aliphatic carbocycles. The molecule has 0 aliphatic heterocycles. The third kappa shape index (κ3) is 5.28. The van der Waals surface area contributed by atoms with E-state index < -0.39 is 5.82 Å². The van der Waals surface area contributed by atoms with Crippen molar-refractivity contribution >= 4 is 5.91 Å². The number of pyridine rings is 1. The van der Waals surface area contributed by atoms with Gasteiger partial charge in [0.05, 0.1) is 13.5 Å². The monoisotopic (exact) mass is 366 g/mol. The summed E-state index contributed by atoms with van der Waals surface area (Å²) in [7, 11) is 1.59. The molecule has 0 fully saturated rings. The van der Waals surface area contributed by atoms with Crippen LogP contribution in [0.4, 0.5) is 4.39 Å². The Balaban J connectivity index is 1.63. The average molecular weight is 366 g/mol. The van der Waals surface area contributed by atoms with Crippen molar-refractivity contribution in [1.29, 1.82) is 0 Å². The number of carbonyl (C=O) groups excluding carboxylic acids is 1. The first-order chi connectivity index (χ1) is 13.1. The van der Waals surface area contributed by atoms with Gasteiger partial charge in [-0.2, -0.15) is 0 Å². The number of nitrogens with one attached hydrogen (secondary N) is 1. The van der Waals surface area contributed by atoms with Gasteiger partial charge < -0.3 is 14.8 Å². The molecule has 3 aromatic rings. The third-order valence-corrected chi connectivity index (χ3v) is 3.84. The summed E-state index contributed by atoms with van der Waals surface area (Å²) in [6.07, 6.45) is 1.81. The minimum atomic E-state index is -0.392. The van der Waals surface area contributed by atoms with E-state index in [4.69, 9.17) is 9.47 Å². The molecule has 0 bridgehead atoms. The molecule has 0 unspecified atom stereocenters. The quantitative estimate of drug-likeness (QED) is 0.689. The van der Waals surface area contributed by atoms with Gasteiger partial charge in [0, 0.05) is 24.4 Å². The van der Waals surface area contributed by atoms with Crippen LogP contribution >= 0.6 is 0 Å². The second-order valence-electron chi connectivity index (χ2n) is 5.83. The van der Waals surface area contributed by atoms with Gasteiger partial charge in [-0.15, -0.1) is 0 Å². The number of methoxy groups -OCH3 is 1. The number of aromatic nitrogens is 1. The summed E-state index contributed by atoms with van der Waals surface area (Å²) in [5.74, 6) is 0.848. The lowest BCUT2D eigenvalue weighted by atomic mass is 10.1. The fourth-order valence-electron chi connectivity index (χ4n) is 2.52. The lowest BCUT2D eigenvalue weighted by molar-refractivity contribution is -0.120. The first-order valence-electron chi connectivity index (χ1n) is 8.41. The Morgan fingerprint density at radius 1 is 1.07 bits per heavy atom. The van der Waals surface area contributed by atoms with Crippen LogP contribution in [0, 0.1) is 5.82 Å². The van der Waals surface area contributed by atoms with Gasteiger partial charge in [0.1, 0.15) is 17.3 Å². The fraction of sp³-hybridized carbons (Fsp3) is 0.143. The van der Waals surface area contributed by atoms with Gasteiger partial charge in [0.2, 0.25) is 11.8 Å². The zero-order valence-electron chi connectivity index (χ0n) is 14.8. The average Bonchev–Trinajstić information content (AvgIpc) is 2.67. The summed E-state index contributed by atoms with van der Waals surface area (Å²) in [4.78, 5) is 16.4. The number of nitrogens with zero attached hydrogens (tertiary/aromatic N) is 1. The smallest absolute Gasteiger partial charge is 0.224 e. The number of rotatable bonds is 7. The fourth-order valence-corrected chi connectivity index (χ4v) is 2.52. The number of amides is 1. The van der Waals surface area contributed by atoms with Crippen LogP contribution in [0.3, 0.4) is 0 Å². The molecule has 138 valence electrons. The van der Waals surface area contributed by atoms with Gasteiger partial charge in [-0.3, -0.25) is 4.79 Å². The molecule has 0 radical (unpaired) electrons. The van der Waals surface area contributed by atoms with Crippen molar-refractivity contribution in [3.8, 4) is 17.4 Å². The highest BCUT2D eigenvalue weighted by atomic mass is 19.1. The molecule has 0 saturated carbocycles. The Morgan fingerprint density at radius 3 is 2.70 bits per heavy atom. The molecule has 0 aliphatic rings. The van der Waals surface area contributed by atoms with Crippen LogP contribution in [0.5, 0.6) is 17.4 Å². The summed E-state index contributed by atoms with van der Waals surface area (Å²) in [5, 5.41) is 2.85. The Kier molecular flexibility index (Phi) is 5.99. The molecule has 0 atom stereocenters. The van der Waals surface area contributed by atoms with E-state index in [0.717, 1.165) is 5.56 Å². The van der Waals surface area contributed by atoms with Crippen molar-refractivity contribution in [2.24, 2.45) is 0 Å². The SMILES string of the molecule is COc1cccc(CC(=O)NCc2cccnc2Oc2cccc(F)c2)c1. The molecule has 1 amide bonds. The van der Waals surface area contributed by atoms with Crippen molar-refractivity contribution in [3.63, 3.8) is 0 Å². The number of hydrogen-bond donors (Lipinski definition) is 1. The van der Waals surface area contributed by atoms with Gasteiger partial charge in [0.15, 0.2) is 0 Å². The molecule has 27 heavy (non-hydrogen) atoms. The maximum absolute atomic E-state index is 13.3. The Labute approximate surface area is 156 Å². The van der Waals surface area contributed by atoms with E-state index in [1.54, 1.807) is 37.6 Å². The van der Waals surface area contributed by atoms with E-state index in [-0.39, 0.29) is 18.9 Å². The number of halogens is 1. The summed E-state index contributed by atoms with van der Waals surface area (Å²) < 4.78 is 24.1. The molecule has 0 saturated heterocycles. The van der Waals surface area contributed by atoms with Crippen molar-refractivity contribution in [2.75, 3.05) is 7.11 Å². The molecule has 2 aromatic carbocycles. The first-order valence-corrected chi connectivity index (χ1v) is 8.41. The molecule has 1 aromatic heterocycles. The second kappa shape index (κ2) is 8.80. The predicted octanol–water partition coefficient (Wildman–Crippen LogP) is 3.88. The third-order valence-electron chi connectivity index (χ3n) is 3.84. The molecule has 1 heterocycles. The van der Waals surface area contributed by atoms with Gasteiger partial charge in [0.25, 0.3) is 0 Å². The van der Waals surface area contributed by atoms with E-state index >= 15 is 0 Å². The minimum absolute atomic E-state index is 0.135. The number of carbonyl (C=O) groups is 1. The lowest BCUT2D eigenvalue weighted by Gasteiger charge is -2.11. The highest BCUT2D eigenvalue weighted by molar-refractivity contribution is 5.78. The standard InChI is InChI=1S/C21H19FN2O3/c1-26-18-8-2-5-15(11-18)12-20(25)24-14-16-6-4-10-23-21(16)27-19-9-3-7-17(22)13-19/h2-11,13H,12,14H2,1H3,(H,24,25). The van der Waals surface area contributed by atoms with Crippen molar-refractivity contribution < 1.29 is 18.7 Å². The van der Waals surface area contributed by atoms with E-state index in [1.165, 1.54) is 12.1 Å². The van der Waals surface area contributed by atoms with Crippen LogP contribution in [0.2, 0.25) is 0 Å². The Bertz CT molecular complexity index is 931. The van der Waals surface area contributed by atoms with Gasteiger partial charge in [-0.25, -0.2) is 9.37 Å². The normalized spacial score (nSPS) is 10.3. The zero-order chi connectivity index (χ0) is 19.1. The topological polar surface area (TPSA) is 60.5 Å². The van der Waals surface area contributed by atoms with E-state index in [2.05, 4.69) is 10.3 Å².